The lowest BCUT2D eigenvalue weighted by Crippen LogP contribution is -1.91. The highest BCUT2D eigenvalue weighted by atomic mass is 16.5. The number of ether oxygens (including phenoxy) is 2. The number of hydrogen-bond acceptors (Lipinski definition) is 4. The first-order valence-corrected chi connectivity index (χ1v) is 6.23. The van der Waals surface area contributed by atoms with Crippen LogP contribution in [0.3, 0.4) is 0 Å². The Morgan fingerprint density at radius 3 is 2.65 bits per heavy atom. The molecule has 0 heterocycles. The summed E-state index contributed by atoms with van der Waals surface area (Å²) in [4.78, 5) is 4.34. The molecule has 0 saturated carbocycles. The van der Waals surface area contributed by atoms with Gasteiger partial charge in [0.25, 0.3) is 0 Å². The predicted molar refractivity (Wildman–Crippen MR) is 79.0 cm³/mol. The Morgan fingerprint density at radius 1 is 1.10 bits per heavy atom. The second-order valence-electron chi connectivity index (χ2n) is 4.21. The maximum Gasteiger partial charge on any atom is 0.124 e. The minimum absolute atomic E-state index is 0.176. The van der Waals surface area contributed by atoms with Crippen LogP contribution in [0, 0.1) is 0 Å². The van der Waals surface area contributed by atoms with Gasteiger partial charge in [0.2, 0.25) is 0 Å². The van der Waals surface area contributed by atoms with Crippen LogP contribution < -0.4 is 9.47 Å². The van der Waals surface area contributed by atoms with Crippen molar-refractivity contribution in [3.8, 4) is 17.2 Å². The van der Waals surface area contributed by atoms with Gasteiger partial charge in [-0.1, -0.05) is 18.2 Å². The fourth-order valence-corrected chi connectivity index (χ4v) is 1.84. The summed E-state index contributed by atoms with van der Waals surface area (Å²) in [5, 5.41) is 9.76. The number of nitrogens with zero attached hydrogens (tertiary/aromatic N) is 1. The Kier molecular flexibility index (Phi) is 4.60. The molecule has 0 aliphatic heterocycles. The summed E-state index contributed by atoms with van der Waals surface area (Å²) in [5.74, 6) is 1.66. The van der Waals surface area contributed by atoms with Gasteiger partial charge >= 0.3 is 0 Å². The zero-order valence-corrected chi connectivity index (χ0v) is 11.5. The highest BCUT2D eigenvalue weighted by Gasteiger charge is 2.02. The van der Waals surface area contributed by atoms with Crippen LogP contribution in [-0.4, -0.2) is 25.5 Å². The van der Waals surface area contributed by atoms with E-state index in [0.717, 1.165) is 11.3 Å². The fraction of sp³-hybridized carbons (Fsp3) is 0.188. The summed E-state index contributed by atoms with van der Waals surface area (Å²) in [6, 6.07) is 12.7. The van der Waals surface area contributed by atoms with Gasteiger partial charge in [-0.25, -0.2) is 0 Å². The molecule has 4 heteroatoms. The predicted octanol–water partition coefficient (Wildman–Crippen LogP) is 3.03. The summed E-state index contributed by atoms with van der Waals surface area (Å²) >= 11 is 0. The third-order valence-corrected chi connectivity index (χ3v) is 2.92. The Hall–Kier alpha value is -2.49. The van der Waals surface area contributed by atoms with E-state index in [1.807, 2.05) is 24.3 Å². The van der Waals surface area contributed by atoms with Gasteiger partial charge in [-0.3, -0.25) is 4.99 Å². The first-order chi connectivity index (χ1) is 9.74. The highest BCUT2D eigenvalue weighted by Crippen LogP contribution is 2.22. The second kappa shape index (κ2) is 6.61. The number of aromatic hydroxyl groups is 1. The van der Waals surface area contributed by atoms with E-state index in [9.17, 15) is 5.11 Å². The van der Waals surface area contributed by atoms with Crippen molar-refractivity contribution in [3.05, 3.63) is 53.6 Å². The maximum atomic E-state index is 9.76. The van der Waals surface area contributed by atoms with Gasteiger partial charge in [-0.15, -0.1) is 0 Å². The van der Waals surface area contributed by atoms with Gasteiger partial charge in [-0.2, -0.15) is 0 Å². The lowest BCUT2D eigenvalue weighted by Gasteiger charge is -2.05. The molecule has 0 saturated heterocycles. The van der Waals surface area contributed by atoms with Crippen LogP contribution in [-0.2, 0) is 6.54 Å². The number of rotatable bonds is 5. The molecule has 0 amide bonds. The molecule has 0 fully saturated rings. The molecule has 20 heavy (non-hydrogen) atoms. The quantitative estimate of drug-likeness (QED) is 0.850. The van der Waals surface area contributed by atoms with Crippen molar-refractivity contribution in [1.82, 2.24) is 0 Å². The fourth-order valence-electron chi connectivity index (χ4n) is 1.84. The lowest BCUT2D eigenvalue weighted by molar-refractivity contribution is 0.410. The van der Waals surface area contributed by atoms with Crippen molar-refractivity contribution in [2.24, 2.45) is 4.99 Å². The number of methoxy groups -OCH3 is 2. The third-order valence-electron chi connectivity index (χ3n) is 2.92. The number of para-hydroxylation sites is 1. The zero-order valence-electron chi connectivity index (χ0n) is 11.5. The van der Waals surface area contributed by atoms with Gasteiger partial charge < -0.3 is 14.6 Å². The van der Waals surface area contributed by atoms with E-state index >= 15 is 0 Å². The summed E-state index contributed by atoms with van der Waals surface area (Å²) in [5.41, 5.74) is 1.62. The van der Waals surface area contributed by atoms with Crippen molar-refractivity contribution in [2.45, 2.75) is 6.54 Å². The average Bonchev–Trinajstić information content (AvgIpc) is 2.49. The van der Waals surface area contributed by atoms with E-state index in [2.05, 4.69) is 4.99 Å². The minimum Gasteiger partial charge on any atom is -0.507 e. The van der Waals surface area contributed by atoms with E-state index in [1.165, 1.54) is 0 Å². The summed E-state index contributed by atoms with van der Waals surface area (Å²) in [6.07, 6.45) is 1.63. The maximum absolute atomic E-state index is 9.76. The normalized spacial score (nSPS) is 10.7. The van der Waals surface area contributed by atoms with Gasteiger partial charge in [-0.05, 0) is 24.3 Å². The number of phenols is 1. The van der Waals surface area contributed by atoms with E-state index in [0.29, 0.717) is 17.9 Å². The topological polar surface area (TPSA) is 51.0 Å². The van der Waals surface area contributed by atoms with Crippen molar-refractivity contribution >= 4 is 6.21 Å². The van der Waals surface area contributed by atoms with Crippen LogP contribution in [0.4, 0.5) is 0 Å². The first kappa shape index (κ1) is 13.9. The Bertz CT molecular complexity index is 608. The second-order valence-corrected chi connectivity index (χ2v) is 4.21. The van der Waals surface area contributed by atoms with Crippen LogP contribution in [0.1, 0.15) is 11.1 Å². The van der Waals surface area contributed by atoms with Crippen LogP contribution in [0.5, 0.6) is 17.2 Å². The van der Waals surface area contributed by atoms with Gasteiger partial charge in [0, 0.05) is 17.3 Å². The van der Waals surface area contributed by atoms with Crippen molar-refractivity contribution in [1.29, 1.82) is 0 Å². The van der Waals surface area contributed by atoms with Gasteiger partial charge in [0.05, 0.1) is 20.8 Å². The van der Waals surface area contributed by atoms with E-state index in [1.54, 1.807) is 38.6 Å². The van der Waals surface area contributed by atoms with Crippen LogP contribution in [0.2, 0.25) is 0 Å². The summed E-state index contributed by atoms with van der Waals surface area (Å²) in [6.45, 7) is 0.487. The van der Waals surface area contributed by atoms with Gasteiger partial charge in [0.1, 0.15) is 17.2 Å². The molecule has 1 N–H and O–H groups in total. The summed E-state index contributed by atoms with van der Waals surface area (Å²) in [7, 11) is 3.22. The third kappa shape index (κ3) is 3.29. The molecular formula is C16H17NO3. The number of benzene rings is 2. The van der Waals surface area contributed by atoms with Crippen molar-refractivity contribution < 1.29 is 14.6 Å². The molecule has 2 rings (SSSR count). The molecule has 0 aliphatic rings. The van der Waals surface area contributed by atoms with E-state index in [4.69, 9.17) is 9.47 Å². The molecule has 0 radical (unpaired) electrons. The lowest BCUT2D eigenvalue weighted by atomic mass is 10.2. The smallest absolute Gasteiger partial charge is 0.124 e. The Morgan fingerprint density at radius 2 is 1.90 bits per heavy atom. The van der Waals surface area contributed by atoms with Crippen LogP contribution in [0.15, 0.2) is 47.5 Å². The number of hydrogen-bond donors (Lipinski definition) is 1. The standard InChI is InChI=1S/C16H17NO3/c1-19-14-7-8-15(18)13(9-14)11-17-10-12-5-3-4-6-16(12)20-2/h3-9,11,18H,10H2,1-2H3. The molecule has 2 aromatic rings. The first-order valence-electron chi connectivity index (χ1n) is 6.23. The molecule has 0 atom stereocenters. The molecule has 2 aromatic carbocycles. The molecule has 0 aliphatic carbocycles. The molecule has 0 spiro atoms. The van der Waals surface area contributed by atoms with Crippen molar-refractivity contribution in [2.75, 3.05) is 14.2 Å². The Labute approximate surface area is 118 Å². The summed E-state index contributed by atoms with van der Waals surface area (Å²) < 4.78 is 10.4. The SMILES string of the molecule is COc1ccc(O)c(C=NCc2ccccc2OC)c1. The van der Waals surface area contributed by atoms with Crippen LogP contribution in [0.25, 0.3) is 0 Å². The minimum atomic E-state index is 0.176. The zero-order chi connectivity index (χ0) is 14.4. The molecule has 0 aromatic heterocycles. The number of aliphatic imine (C=N–C) groups is 1. The van der Waals surface area contributed by atoms with Gasteiger partial charge in [0.15, 0.2) is 0 Å². The largest absolute Gasteiger partial charge is 0.507 e. The molecular weight excluding hydrogens is 254 g/mol. The van der Waals surface area contributed by atoms with E-state index in [-0.39, 0.29) is 5.75 Å². The molecule has 0 bridgehead atoms. The Balaban J connectivity index is 2.14. The van der Waals surface area contributed by atoms with Crippen LogP contribution >= 0.6 is 0 Å². The molecule has 0 unspecified atom stereocenters. The molecule has 4 nitrogen and oxygen atoms in total. The number of phenolic OH excluding ortho intramolecular Hbond substituents is 1. The average molecular weight is 271 g/mol. The highest BCUT2D eigenvalue weighted by molar-refractivity contribution is 5.84. The monoisotopic (exact) mass is 271 g/mol. The molecule has 104 valence electrons. The van der Waals surface area contributed by atoms with Crippen molar-refractivity contribution in [3.63, 3.8) is 0 Å². The van der Waals surface area contributed by atoms with E-state index < -0.39 is 0 Å².